The summed E-state index contributed by atoms with van der Waals surface area (Å²) >= 11 is 0. The summed E-state index contributed by atoms with van der Waals surface area (Å²) in [6.45, 7) is 6.02. The number of methoxy groups -OCH3 is 2. The molecule has 3 heteroatoms. The lowest BCUT2D eigenvalue weighted by molar-refractivity contribution is 0.398. The lowest BCUT2D eigenvalue weighted by Crippen LogP contribution is -1.90. The standard InChI is InChI=1S/C14H15NO2.C2H6/c1-10-4-5-11(8-13(10)16-2)12-6-7-15-14(9-12)17-3;1-2/h4-9H,1-3H3;1-2H3. The Balaban J connectivity index is 0.000000861. The van der Waals surface area contributed by atoms with Crippen LogP contribution in [-0.2, 0) is 0 Å². The highest BCUT2D eigenvalue weighted by atomic mass is 16.5. The minimum atomic E-state index is 0.613. The lowest BCUT2D eigenvalue weighted by Gasteiger charge is -2.08. The normalized spacial score (nSPS) is 9.32. The van der Waals surface area contributed by atoms with E-state index in [-0.39, 0.29) is 0 Å². The van der Waals surface area contributed by atoms with Gasteiger partial charge in [-0.3, -0.25) is 0 Å². The van der Waals surface area contributed by atoms with Gasteiger partial charge in [0.15, 0.2) is 0 Å². The summed E-state index contributed by atoms with van der Waals surface area (Å²) < 4.78 is 10.4. The van der Waals surface area contributed by atoms with E-state index < -0.39 is 0 Å². The zero-order valence-corrected chi connectivity index (χ0v) is 12.2. The first-order valence-electron chi connectivity index (χ1n) is 6.39. The third-order valence-electron chi connectivity index (χ3n) is 2.69. The van der Waals surface area contributed by atoms with Gasteiger partial charge in [-0.15, -0.1) is 0 Å². The van der Waals surface area contributed by atoms with Gasteiger partial charge in [0.1, 0.15) is 5.75 Å². The molecule has 102 valence electrons. The van der Waals surface area contributed by atoms with Crippen molar-refractivity contribution in [2.24, 2.45) is 0 Å². The van der Waals surface area contributed by atoms with Crippen LogP contribution in [0.2, 0.25) is 0 Å². The van der Waals surface area contributed by atoms with Crippen molar-refractivity contribution >= 4 is 0 Å². The molecule has 0 aliphatic heterocycles. The van der Waals surface area contributed by atoms with Gasteiger partial charge in [0.2, 0.25) is 5.88 Å². The summed E-state index contributed by atoms with van der Waals surface area (Å²) in [6, 6.07) is 9.98. The van der Waals surface area contributed by atoms with E-state index in [0.29, 0.717) is 5.88 Å². The topological polar surface area (TPSA) is 31.4 Å². The molecule has 0 saturated carbocycles. The average molecular weight is 259 g/mol. The van der Waals surface area contributed by atoms with Crippen molar-refractivity contribution in [1.29, 1.82) is 0 Å². The highest BCUT2D eigenvalue weighted by molar-refractivity contribution is 5.66. The first-order chi connectivity index (χ1) is 9.24. The molecule has 2 aromatic rings. The van der Waals surface area contributed by atoms with Crippen LogP contribution in [0, 0.1) is 6.92 Å². The summed E-state index contributed by atoms with van der Waals surface area (Å²) in [5, 5.41) is 0. The molecule has 0 amide bonds. The molecule has 0 saturated heterocycles. The summed E-state index contributed by atoms with van der Waals surface area (Å²) in [4.78, 5) is 4.09. The van der Waals surface area contributed by atoms with Crippen LogP contribution in [-0.4, -0.2) is 19.2 Å². The van der Waals surface area contributed by atoms with E-state index in [4.69, 9.17) is 9.47 Å². The monoisotopic (exact) mass is 259 g/mol. The minimum Gasteiger partial charge on any atom is -0.496 e. The molecule has 0 spiro atoms. The van der Waals surface area contributed by atoms with Crippen LogP contribution in [0.1, 0.15) is 19.4 Å². The fourth-order valence-corrected chi connectivity index (χ4v) is 1.70. The first kappa shape index (κ1) is 15.0. The van der Waals surface area contributed by atoms with E-state index in [1.54, 1.807) is 20.4 Å². The van der Waals surface area contributed by atoms with Gasteiger partial charge in [-0.25, -0.2) is 4.98 Å². The zero-order valence-electron chi connectivity index (χ0n) is 12.2. The molecule has 3 nitrogen and oxygen atoms in total. The summed E-state index contributed by atoms with van der Waals surface area (Å²) in [6.07, 6.45) is 1.74. The molecule has 1 heterocycles. The summed E-state index contributed by atoms with van der Waals surface area (Å²) in [5.41, 5.74) is 3.28. The van der Waals surface area contributed by atoms with Gasteiger partial charge in [0.25, 0.3) is 0 Å². The number of pyridine rings is 1. The fraction of sp³-hybridized carbons (Fsp3) is 0.312. The molecule has 0 aliphatic carbocycles. The molecule has 1 aromatic carbocycles. The van der Waals surface area contributed by atoms with Crippen LogP contribution in [0.5, 0.6) is 11.6 Å². The van der Waals surface area contributed by atoms with Crippen LogP contribution in [0.25, 0.3) is 11.1 Å². The molecule has 0 atom stereocenters. The number of rotatable bonds is 3. The van der Waals surface area contributed by atoms with Gasteiger partial charge in [-0.05, 0) is 35.7 Å². The summed E-state index contributed by atoms with van der Waals surface area (Å²) in [5.74, 6) is 1.50. The van der Waals surface area contributed by atoms with E-state index in [2.05, 4.69) is 11.1 Å². The average Bonchev–Trinajstić information content (AvgIpc) is 2.50. The van der Waals surface area contributed by atoms with Gasteiger partial charge in [0.05, 0.1) is 14.2 Å². The van der Waals surface area contributed by atoms with E-state index in [9.17, 15) is 0 Å². The number of aryl methyl sites for hydroxylation is 1. The van der Waals surface area contributed by atoms with E-state index in [1.165, 1.54) is 0 Å². The van der Waals surface area contributed by atoms with Crippen LogP contribution in [0.4, 0.5) is 0 Å². The van der Waals surface area contributed by atoms with E-state index in [0.717, 1.165) is 22.4 Å². The Bertz CT molecular complexity index is 524. The van der Waals surface area contributed by atoms with Crippen molar-refractivity contribution < 1.29 is 9.47 Å². The fourth-order valence-electron chi connectivity index (χ4n) is 1.70. The first-order valence-corrected chi connectivity index (χ1v) is 6.39. The summed E-state index contributed by atoms with van der Waals surface area (Å²) in [7, 11) is 3.29. The maximum atomic E-state index is 5.32. The third-order valence-corrected chi connectivity index (χ3v) is 2.69. The zero-order chi connectivity index (χ0) is 14.3. The Labute approximate surface area is 115 Å². The van der Waals surface area contributed by atoms with Crippen LogP contribution in [0.3, 0.4) is 0 Å². The molecule has 0 N–H and O–H groups in total. The van der Waals surface area contributed by atoms with Crippen molar-refractivity contribution in [1.82, 2.24) is 4.98 Å². The van der Waals surface area contributed by atoms with E-state index >= 15 is 0 Å². The number of nitrogens with zero attached hydrogens (tertiary/aromatic N) is 1. The minimum absolute atomic E-state index is 0.613. The third kappa shape index (κ3) is 3.71. The molecule has 0 radical (unpaired) electrons. The largest absolute Gasteiger partial charge is 0.496 e. The number of benzene rings is 1. The van der Waals surface area contributed by atoms with Crippen molar-refractivity contribution in [3.8, 4) is 22.8 Å². The molecule has 1 aromatic heterocycles. The number of ether oxygens (including phenoxy) is 2. The Kier molecular flexibility index (Phi) is 5.86. The van der Waals surface area contributed by atoms with E-state index in [1.807, 2.05) is 45.0 Å². The van der Waals surface area contributed by atoms with Crippen molar-refractivity contribution in [2.75, 3.05) is 14.2 Å². The van der Waals surface area contributed by atoms with Gasteiger partial charge in [0, 0.05) is 12.3 Å². The smallest absolute Gasteiger partial charge is 0.213 e. The molecule has 0 bridgehead atoms. The molecule has 0 aliphatic rings. The lowest BCUT2D eigenvalue weighted by atomic mass is 10.0. The van der Waals surface area contributed by atoms with Gasteiger partial charge >= 0.3 is 0 Å². The maximum Gasteiger partial charge on any atom is 0.213 e. The molecule has 19 heavy (non-hydrogen) atoms. The van der Waals surface area contributed by atoms with Crippen LogP contribution in [0.15, 0.2) is 36.5 Å². The quantitative estimate of drug-likeness (QED) is 0.831. The van der Waals surface area contributed by atoms with Crippen molar-refractivity contribution in [3.63, 3.8) is 0 Å². The van der Waals surface area contributed by atoms with Crippen LogP contribution < -0.4 is 9.47 Å². The number of aromatic nitrogens is 1. The molecule has 2 rings (SSSR count). The van der Waals surface area contributed by atoms with Crippen molar-refractivity contribution in [2.45, 2.75) is 20.8 Å². The highest BCUT2D eigenvalue weighted by Gasteiger charge is 2.04. The molecular weight excluding hydrogens is 238 g/mol. The Morgan fingerprint density at radius 2 is 1.58 bits per heavy atom. The number of hydrogen-bond donors (Lipinski definition) is 0. The predicted octanol–water partition coefficient (Wildman–Crippen LogP) is 4.10. The second-order valence-corrected chi connectivity index (χ2v) is 3.77. The second kappa shape index (κ2) is 7.41. The Hall–Kier alpha value is -2.03. The molecule has 0 unspecified atom stereocenters. The predicted molar refractivity (Wildman–Crippen MR) is 78.9 cm³/mol. The van der Waals surface area contributed by atoms with Crippen LogP contribution >= 0.6 is 0 Å². The molecule has 0 fully saturated rings. The van der Waals surface area contributed by atoms with Crippen molar-refractivity contribution in [3.05, 3.63) is 42.1 Å². The molecular formula is C16H21NO2. The van der Waals surface area contributed by atoms with Gasteiger partial charge in [-0.1, -0.05) is 26.0 Å². The number of hydrogen-bond acceptors (Lipinski definition) is 3. The maximum absolute atomic E-state index is 5.32. The van der Waals surface area contributed by atoms with Gasteiger partial charge < -0.3 is 9.47 Å². The Morgan fingerprint density at radius 3 is 2.21 bits per heavy atom. The van der Waals surface area contributed by atoms with Gasteiger partial charge in [-0.2, -0.15) is 0 Å². The highest BCUT2D eigenvalue weighted by Crippen LogP contribution is 2.27. The Morgan fingerprint density at radius 1 is 0.895 bits per heavy atom. The SMILES string of the molecule is CC.COc1cc(-c2ccc(C)c(OC)c2)ccn1. The second-order valence-electron chi connectivity index (χ2n) is 3.77.